The summed E-state index contributed by atoms with van der Waals surface area (Å²) in [5.74, 6) is -0.295. The highest BCUT2D eigenvalue weighted by Crippen LogP contribution is 2.22. The lowest BCUT2D eigenvalue weighted by Gasteiger charge is -2.21. The molecule has 6 nitrogen and oxygen atoms in total. The molecule has 1 amide bonds. The monoisotopic (exact) mass is 337 g/mol. The van der Waals surface area contributed by atoms with Crippen molar-refractivity contribution < 1.29 is 13.2 Å². The van der Waals surface area contributed by atoms with Crippen molar-refractivity contribution in [1.29, 1.82) is 5.26 Å². The summed E-state index contributed by atoms with van der Waals surface area (Å²) >= 11 is 0. The molecule has 0 saturated carbocycles. The molecule has 1 aromatic rings. The summed E-state index contributed by atoms with van der Waals surface area (Å²) in [7, 11) is -2.02. The normalized spacial score (nSPS) is 11.3. The first-order valence-electron chi connectivity index (χ1n) is 7.52. The fraction of sp³-hybridized carbons (Fsp3) is 0.500. The maximum Gasteiger partial charge on any atom is 0.253 e. The molecular weight excluding hydrogens is 314 g/mol. The number of hydrogen-bond donors (Lipinski definition) is 0. The van der Waals surface area contributed by atoms with Crippen LogP contribution in [0.15, 0.2) is 23.1 Å². The number of nitrogens with zero attached hydrogens (tertiary/aromatic N) is 3. The maximum absolute atomic E-state index is 12.7. The van der Waals surface area contributed by atoms with Crippen molar-refractivity contribution >= 4 is 15.9 Å². The second-order valence-corrected chi connectivity index (χ2v) is 7.11. The van der Waals surface area contributed by atoms with Gasteiger partial charge < -0.3 is 4.90 Å². The van der Waals surface area contributed by atoms with Crippen molar-refractivity contribution in [2.24, 2.45) is 0 Å². The first kappa shape index (κ1) is 19.1. The van der Waals surface area contributed by atoms with Gasteiger partial charge in [-0.15, -0.1) is 0 Å². The predicted molar refractivity (Wildman–Crippen MR) is 88.5 cm³/mol. The van der Waals surface area contributed by atoms with E-state index in [9.17, 15) is 13.2 Å². The van der Waals surface area contributed by atoms with E-state index in [0.717, 1.165) is 0 Å². The van der Waals surface area contributed by atoms with Crippen molar-refractivity contribution in [2.45, 2.75) is 32.1 Å². The summed E-state index contributed by atoms with van der Waals surface area (Å²) in [4.78, 5) is 13.9. The average molecular weight is 337 g/mol. The number of sulfonamides is 1. The Labute approximate surface area is 138 Å². The molecule has 0 N–H and O–H groups in total. The van der Waals surface area contributed by atoms with Crippen molar-refractivity contribution in [3.63, 3.8) is 0 Å². The van der Waals surface area contributed by atoms with Gasteiger partial charge in [-0.05, 0) is 24.6 Å². The van der Waals surface area contributed by atoms with Crippen molar-refractivity contribution in [3.05, 3.63) is 29.3 Å². The van der Waals surface area contributed by atoms with Gasteiger partial charge in [0.25, 0.3) is 5.91 Å². The number of nitriles is 1. The van der Waals surface area contributed by atoms with Crippen LogP contribution in [0.2, 0.25) is 0 Å². The molecule has 0 heterocycles. The molecule has 0 aliphatic rings. The van der Waals surface area contributed by atoms with Gasteiger partial charge in [0.1, 0.15) is 0 Å². The first-order valence-corrected chi connectivity index (χ1v) is 8.96. The van der Waals surface area contributed by atoms with Crippen LogP contribution < -0.4 is 0 Å². The molecule has 0 aliphatic heterocycles. The SMILES string of the molecule is CCN(CC)S(=O)(=O)c1cc(C(=O)N(C)CCC#N)ccc1C. The number of rotatable bonds is 7. The van der Waals surface area contributed by atoms with Gasteiger partial charge in [0.2, 0.25) is 10.0 Å². The summed E-state index contributed by atoms with van der Waals surface area (Å²) < 4.78 is 26.7. The van der Waals surface area contributed by atoms with E-state index in [-0.39, 0.29) is 17.2 Å². The van der Waals surface area contributed by atoms with Crippen LogP contribution in [0, 0.1) is 18.3 Å². The minimum atomic E-state index is -3.62. The Morgan fingerprint density at radius 2 is 1.87 bits per heavy atom. The van der Waals surface area contributed by atoms with Crippen LogP contribution >= 0.6 is 0 Å². The van der Waals surface area contributed by atoms with Gasteiger partial charge in [0.05, 0.1) is 17.4 Å². The van der Waals surface area contributed by atoms with E-state index in [1.807, 2.05) is 6.07 Å². The first-order chi connectivity index (χ1) is 10.8. The molecule has 0 unspecified atom stereocenters. The quantitative estimate of drug-likeness (QED) is 0.762. The lowest BCUT2D eigenvalue weighted by Crippen LogP contribution is -2.32. The Kier molecular flexibility index (Phi) is 6.73. The molecule has 126 valence electrons. The molecule has 0 atom stereocenters. The minimum absolute atomic E-state index is 0.153. The highest BCUT2D eigenvalue weighted by Gasteiger charge is 2.25. The summed E-state index contributed by atoms with van der Waals surface area (Å²) in [6.07, 6.45) is 0.235. The summed E-state index contributed by atoms with van der Waals surface area (Å²) in [5.41, 5.74) is 0.912. The molecule has 0 radical (unpaired) electrons. The van der Waals surface area contributed by atoms with E-state index in [2.05, 4.69) is 0 Å². The van der Waals surface area contributed by atoms with Crippen LogP contribution in [0.25, 0.3) is 0 Å². The predicted octanol–water partition coefficient (Wildman–Crippen LogP) is 2.01. The number of carbonyl (C=O) groups excluding carboxylic acids is 1. The standard InChI is InChI=1S/C16H23N3O3S/c1-5-19(6-2)23(21,22)15-12-14(9-8-13(15)3)16(20)18(4)11-7-10-17/h8-9,12H,5-7,11H2,1-4H3. The molecule has 0 spiro atoms. The number of hydrogen-bond acceptors (Lipinski definition) is 4. The van der Waals surface area contributed by atoms with Crippen molar-refractivity contribution in [2.75, 3.05) is 26.7 Å². The van der Waals surface area contributed by atoms with Gasteiger partial charge in [-0.25, -0.2) is 8.42 Å². The van der Waals surface area contributed by atoms with Crippen LogP contribution in [-0.2, 0) is 10.0 Å². The van der Waals surface area contributed by atoms with Crippen LogP contribution in [0.4, 0.5) is 0 Å². The highest BCUT2D eigenvalue weighted by molar-refractivity contribution is 7.89. The van der Waals surface area contributed by atoms with E-state index >= 15 is 0 Å². The lowest BCUT2D eigenvalue weighted by molar-refractivity contribution is 0.0797. The zero-order valence-electron chi connectivity index (χ0n) is 14.0. The van der Waals surface area contributed by atoms with Gasteiger partial charge in [-0.1, -0.05) is 19.9 Å². The largest absolute Gasteiger partial charge is 0.341 e. The van der Waals surface area contributed by atoms with Gasteiger partial charge >= 0.3 is 0 Å². The highest BCUT2D eigenvalue weighted by atomic mass is 32.2. The third kappa shape index (κ3) is 4.30. The molecule has 0 fully saturated rings. The van der Waals surface area contributed by atoms with Gasteiger partial charge in [-0.3, -0.25) is 4.79 Å². The topological polar surface area (TPSA) is 81.5 Å². The summed E-state index contributed by atoms with van der Waals surface area (Å²) in [6, 6.07) is 6.66. The summed E-state index contributed by atoms with van der Waals surface area (Å²) in [6.45, 7) is 6.32. The molecule has 0 saturated heterocycles. The number of benzene rings is 1. The van der Waals surface area contributed by atoms with Gasteiger partial charge in [0, 0.05) is 32.2 Å². The van der Waals surface area contributed by atoms with Crippen LogP contribution in [-0.4, -0.2) is 50.2 Å². The maximum atomic E-state index is 12.7. The Bertz CT molecular complexity index is 704. The Morgan fingerprint density at radius 3 is 2.39 bits per heavy atom. The number of aryl methyl sites for hydroxylation is 1. The Balaban J connectivity index is 3.24. The second kappa shape index (κ2) is 8.09. The Morgan fingerprint density at radius 1 is 1.26 bits per heavy atom. The van der Waals surface area contributed by atoms with E-state index < -0.39 is 10.0 Å². The van der Waals surface area contributed by atoms with E-state index in [1.54, 1.807) is 40.0 Å². The second-order valence-electron chi connectivity index (χ2n) is 5.20. The Hall–Kier alpha value is -1.91. The lowest BCUT2D eigenvalue weighted by atomic mass is 10.1. The third-order valence-electron chi connectivity index (χ3n) is 3.66. The van der Waals surface area contributed by atoms with Crippen LogP contribution in [0.5, 0.6) is 0 Å². The van der Waals surface area contributed by atoms with E-state index in [1.165, 1.54) is 15.3 Å². The van der Waals surface area contributed by atoms with Crippen LogP contribution in [0.1, 0.15) is 36.2 Å². The molecular formula is C16H23N3O3S. The molecule has 0 bridgehead atoms. The summed E-state index contributed by atoms with van der Waals surface area (Å²) in [5, 5.41) is 8.60. The average Bonchev–Trinajstić information content (AvgIpc) is 2.53. The van der Waals surface area contributed by atoms with Crippen LogP contribution in [0.3, 0.4) is 0 Å². The zero-order chi connectivity index (χ0) is 17.6. The fourth-order valence-corrected chi connectivity index (χ4v) is 3.96. The van der Waals surface area contributed by atoms with E-state index in [0.29, 0.717) is 30.8 Å². The molecule has 7 heteroatoms. The molecule has 1 aromatic carbocycles. The van der Waals surface area contributed by atoms with Crippen molar-refractivity contribution in [3.8, 4) is 6.07 Å². The van der Waals surface area contributed by atoms with Gasteiger partial charge in [-0.2, -0.15) is 9.57 Å². The third-order valence-corrected chi connectivity index (χ3v) is 5.86. The minimum Gasteiger partial charge on any atom is -0.341 e. The molecule has 1 rings (SSSR count). The number of carbonyl (C=O) groups is 1. The molecule has 0 aromatic heterocycles. The van der Waals surface area contributed by atoms with Crippen molar-refractivity contribution in [1.82, 2.24) is 9.21 Å². The fourth-order valence-electron chi connectivity index (χ4n) is 2.25. The zero-order valence-corrected chi connectivity index (χ0v) is 14.9. The molecule has 0 aliphatic carbocycles. The van der Waals surface area contributed by atoms with Gasteiger partial charge in [0.15, 0.2) is 0 Å². The smallest absolute Gasteiger partial charge is 0.253 e. The number of amides is 1. The van der Waals surface area contributed by atoms with E-state index in [4.69, 9.17) is 5.26 Å². The molecule has 23 heavy (non-hydrogen) atoms.